The Kier molecular flexibility index (Phi) is 10.8. The number of anilines is 3. The first-order valence-corrected chi connectivity index (χ1v) is 17.8. The summed E-state index contributed by atoms with van der Waals surface area (Å²) in [4.78, 5) is 45.9. The van der Waals surface area contributed by atoms with Crippen LogP contribution >= 0.6 is 0 Å². The topological polar surface area (TPSA) is 95.7 Å². The van der Waals surface area contributed by atoms with Crippen molar-refractivity contribution in [2.45, 2.75) is 71.4 Å². The number of primary amides is 1. The van der Waals surface area contributed by atoms with Crippen LogP contribution in [0.25, 0.3) is 11.1 Å². The second kappa shape index (κ2) is 15.5. The van der Waals surface area contributed by atoms with Gasteiger partial charge in [-0.25, -0.2) is 0 Å². The summed E-state index contributed by atoms with van der Waals surface area (Å²) >= 11 is 0. The minimum absolute atomic E-state index is 0.188. The summed E-state index contributed by atoms with van der Waals surface area (Å²) in [6, 6.07) is 33.8. The number of para-hydroxylation sites is 3. The molecular weight excluding hydrogens is 608 g/mol. The largest absolute Gasteiger partial charge is 0.369 e. The SMILES string of the molecule is CCCCC(C(N)=O)C(CC1CCC1)C(=O)NC1CN(c2ccccc2)c2ccccc2N(Cc2cccc(-c3ccc(C)cc3)c2)C1=O. The van der Waals surface area contributed by atoms with E-state index >= 15 is 0 Å². The monoisotopic (exact) mass is 656 g/mol. The number of carbonyl (C=O) groups is 3. The summed E-state index contributed by atoms with van der Waals surface area (Å²) < 4.78 is 0. The third kappa shape index (κ3) is 7.88. The number of fused-ring (bicyclic) bond motifs is 1. The average molecular weight is 657 g/mol. The van der Waals surface area contributed by atoms with Gasteiger partial charge in [0.1, 0.15) is 6.04 Å². The van der Waals surface area contributed by atoms with Crippen LogP contribution < -0.4 is 20.9 Å². The van der Waals surface area contributed by atoms with Crippen LogP contribution in [0.3, 0.4) is 0 Å². The van der Waals surface area contributed by atoms with Gasteiger partial charge in [0, 0.05) is 17.5 Å². The second-order valence-corrected chi connectivity index (χ2v) is 13.8. The highest BCUT2D eigenvalue weighted by Gasteiger charge is 2.40. The molecular formula is C42H48N4O3. The van der Waals surface area contributed by atoms with Crippen molar-refractivity contribution in [3.63, 3.8) is 0 Å². The van der Waals surface area contributed by atoms with Gasteiger partial charge in [-0.3, -0.25) is 14.4 Å². The van der Waals surface area contributed by atoms with E-state index in [-0.39, 0.29) is 18.4 Å². The van der Waals surface area contributed by atoms with Gasteiger partial charge in [-0.1, -0.05) is 117 Å². The number of carbonyl (C=O) groups excluding carboxylic acids is 3. The molecule has 0 saturated heterocycles. The minimum atomic E-state index is -0.857. The Morgan fingerprint density at radius 2 is 1.57 bits per heavy atom. The fourth-order valence-corrected chi connectivity index (χ4v) is 7.27. The van der Waals surface area contributed by atoms with E-state index in [0.717, 1.165) is 65.9 Å². The van der Waals surface area contributed by atoms with Crippen molar-refractivity contribution in [1.29, 1.82) is 0 Å². The Labute approximate surface area is 290 Å². The number of rotatable bonds is 13. The van der Waals surface area contributed by atoms with E-state index in [0.29, 0.717) is 25.3 Å². The molecule has 0 bridgehead atoms. The number of hydrogen-bond acceptors (Lipinski definition) is 4. The van der Waals surface area contributed by atoms with Gasteiger partial charge in [0.25, 0.3) is 5.91 Å². The van der Waals surface area contributed by atoms with Gasteiger partial charge in [0.05, 0.1) is 24.5 Å². The molecule has 49 heavy (non-hydrogen) atoms. The van der Waals surface area contributed by atoms with Crippen molar-refractivity contribution >= 4 is 34.8 Å². The highest BCUT2D eigenvalue weighted by atomic mass is 16.2. The molecule has 3 unspecified atom stereocenters. The predicted molar refractivity (Wildman–Crippen MR) is 197 cm³/mol. The highest BCUT2D eigenvalue weighted by Crippen LogP contribution is 2.39. The number of benzene rings is 4. The van der Waals surface area contributed by atoms with Gasteiger partial charge in [0.2, 0.25) is 11.8 Å². The third-order valence-electron chi connectivity index (χ3n) is 10.3. The van der Waals surface area contributed by atoms with Crippen LogP contribution in [-0.2, 0) is 20.9 Å². The van der Waals surface area contributed by atoms with Crippen LogP contribution in [-0.4, -0.2) is 30.3 Å². The Hall–Kier alpha value is -4.91. The molecule has 1 heterocycles. The van der Waals surface area contributed by atoms with Crippen LogP contribution in [0.5, 0.6) is 0 Å². The zero-order chi connectivity index (χ0) is 34.3. The first-order valence-electron chi connectivity index (χ1n) is 17.8. The van der Waals surface area contributed by atoms with Crippen molar-refractivity contribution in [3.8, 4) is 11.1 Å². The number of nitrogens with zero attached hydrogens (tertiary/aromatic N) is 2. The maximum absolute atomic E-state index is 14.8. The maximum atomic E-state index is 14.8. The zero-order valence-corrected chi connectivity index (χ0v) is 28.7. The van der Waals surface area contributed by atoms with Crippen molar-refractivity contribution < 1.29 is 14.4 Å². The van der Waals surface area contributed by atoms with E-state index in [1.807, 2.05) is 66.7 Å². The quantitative estimate of drug-likeness (QED) is 0.153. The summed E-state index contributed by atoms with van der Waals surface area (Å²) in [5, 5.41) is 3.19. The lowest BCUT2D eigenvalue weighted by Gasteiger charge is -2.34. The van der Waals surface area contributed by atoms with Crippen LogP contribution in [0.1, 0.15) is 63.0 Å². The van der Waals surface area contributed by atoms with Crippen molar-refractivity contribution in [2.24, 2.45) is 23.5 Å². The summed E-state index contributed by atoms with van der Waals surface area (Å²) in [7, 11) is 0. The fourth-order valence-electron chi connectivity index (χ4n) is 7.27. The Morgan fingerprint density at radius 3 is 2.24 bits per heavy atom. The summed E-state index contributed by atoms with van der Waals surface area (Å²) in [6.07, 6.45) is 6.16. The molecule has 3 amide bonds. The standard InChI is InChI=1S/C42H48N4O3/c1-3-4-18-35(40(43)47)36(26-30-12-10-13-30)41(48)44-37-28-45(34-16-6-5-7-17-34)38-19-8-9-20-39(38)46(42(37)49)27-31-14-11-15-33(25-31)32-23-21-29(2)22-24-32/h5-9,11,14-17,19-25,30,35-37H,3-4,10,12-13,18,26-28H2,1-2H3,(H2,43,47)(H,44,48). The Morgan fingerprint density at radius 1 is 0.857 bits per heavy atom. The molecule has 0 radical (unpaired) electrons. The number of unbranched alkanes of at least 4 members (excludes halogenated alkanes) is 1. The molecule has 1 fully saturated rings. The number of nitrogens with one attached hydrogen (secondary N) is 1. The summed E-state index contributed by atoms with van der Waals surface area (Å²) in [5.74, 6) is -1.63. The van der Waals surface area contributed by atoms with E-state index in [1.54, 1.807) is 4.90 Å². The number of aryl methyl sites for hydroxylation is 1. The molecule has 7 nitrogen and oxygen atoms in total. The van der Waals surface area contributed by atoms with E-state index in [4.69, 9.17) is 5.73 Å². The second-order valence-electron chi connectivity index (χ2n) is 13.8. The van der Waals surface area contributed by atoms with Gasteiger partial charge in [-0.05, 0) is 72.7 Å². The zero-order valence-electron chi connectivity index (χ0n) is 28.7. The fraction of sp³-hybridized carbons (Fsp3) is 0.357. The van der Waals surface area contributed by atoms with Gasteiger partial charge >= 0.3 is 0 Å². The summed E-state index contributed by atoms with van der Waals surface area (Å²) in [5.41, 5.74) is 12.9. The lowest BCUT2D eigenvalue weighted by molar-refractivity contribution is -0.136. The van der Waals surface area contributed by atoms with Crippen molar-refractivity contribution in [2.75, 3.05) is 16.3 Å². The van der Waals surface area contributed by atoms with Crippen LogP contribution in [0, 0.1) is 24.7 Å². The number of amides is 3. The highest BCUT2D eigenvalue weighted by molar-refractivity contribution is 6.04. The molecule has 2 aliphatic rings. The van der Waals surface area contributed by atoms with E-state index in [9.17, 15) is 14.4 Å². The first-order chi connectivity index (χ1) is 23.8. The molecule has 7 heteroatoms. The van der Waals surface area contributed by atoms with Crippen molar-refractivity contribution in [3.05, 3.63) is 114 Å². The van der Waals surface area contributed by atoms with Gasteiger partial charge in [-0.15, -0.1) is 0 Å². The summed E-state index contributed by atoms with van der Waals surface area (Å²) in [6.45, 7) is 4.73. The maximum Gasteiger partial charge on any atom is 0.251 e. The molecule has 1 saturated carbocycles. The molecule has 3 atom stereocenters. The van der Waals surface area contributed by atoms with Gasteiger partial charge in [0.15, 0.2) is 0 Å². The molecule has 6 rings (SSSR count). The predicted octanol–water partition coefficient (Wildman–Crippen LogP) is 7.93. The molecule has 4 aromatic rings. The van der Waals surface area contributed by atoms with Gasteiger partial charge in [-0.2, -0.15) is 0 Å². The van der Waals surface area contributed by atoms with Crippen LogP contribution in [0.4, 0.5) is 17.1 Å². The number of nitrogens with two attached hydrogens (primary N) is 1. The first kappa shape index (κ1) is 34.0. The molecule has 1 aliphatic heterocycles. The smallest absolute Gasteiger partial charge is 0.251 e. The molecule has 0 spiro atoms. The average Bonchev–Trinajstić information content (AvgIpc) is 3.20. The van der Waals surface area contributed by atoms with E-state index < -0.39 is 23.8 Å². The normalized spacial score (nSPS) is 17.4. The molecule has 4 aromatic carbocycles. The van der Waals surface area contributed by atoms with Crippen LogP contribution in [0.2, 0.25) is 0 Å². The van der Waals surface area contributed by atoms with E-state index in [1.165, 1.54) is 5.56 Å². The van der Waals surface area contributed by atoms with Crippen LogP contribution in [0.15, 0.2) is 103 Å². The third-order valence-corrected chi connectivity index (χ3v) is 10.3. The molecule has 1 aliphatic carbocycles. The Bertz CT molecular complexity index is 1750. The molecule has 3 N–H and O–H groups in total. The molecule has 254 valence electrons. The minimum Gasteiger partial charge on any atom is -0.369 e. The lowest BCUT2D eigenvalue weighted by Crippen LogP contribution is -2.54. The lowest BCUT2D eigenvalue weighted by atomic mass is 9.73. The van der Waals surface area contributed by atoms with Gasteiger partial charge < -0.3 is 20.9 Å². The van der Waals surface area contributed by atoms with E-state index in [2.05, 4.69) is 60.5 Å². The number of hydrogen-bond donors (Lipinski definition) is 2. The Balaban J connectivity index is 1.36. The van der Waals surface area contributed by atoms with Crippen molar-refractivity contribution in [1.82, 2.24) is 5.32 Å². The molecule has 0 aromatic heterocycles.